The van der Waals surface area contributed by atoms with Gasteiger partial charge in [0.1, 0.15) is 0 Å². The summed E-state index contributed by atoms with van der Waals surface area (Å²) >= 11 is 0. The first kappa shape index (κ1) is 11.5. The minimum atomic E-state index is 0.0816. The molecule has 4 nitrogen and oxygen atoms in total. The fourth-order valence-corrected chi connectivity index (χ4v) is 3.13. The Balaban J connectivity index is 1.68. The first-order valence-electron chi connectivity index (χ1n) is 6.53. The fraction of sp³-hybridized carbons (Fsp3) is 0.500. The molecule has 3 rings (SSSR count). The molecule has 2 unspecified atom stereocenters. The Hall–Kier alpha value is -1.55. The minimum absolute atomic E-state index is 0.0816. The second-order valence-corrected chi connectivity index (χ2v) is 5.55. The number of hydrogen-bond acceptors (Lipinski definition) is 4. The molecule has 1 saturated heterocycles. The van der Waals surface area contributed by atoms with E-state index in [4.69, 9.17) is 5.73 Å². The predicted octanol–water partition coefficient (Wildman–Crippen LogP) is 0.937. The molecule has 2 atom stereocenters. The van der Waals surface area contributed by atoms with Crippen LogP contribution < -0.4 is 11.1 Å². The average molecular weight is 244 g/mol. The van der Waals surface area contributed by atoms with Gasteiger partial charge in [-0.05, 0) is 18.9 Å². The molecule has 1 spiro atoms. The molecular formula is C14H20N4. The Morgan fingerprint density at radius 2 is 2.22 bits per heavy atom. The van der Waals surface area contributed by atoms with Gasteiger partial charge in [-0.3, -0.25) is 9.89 Å². The SMILES string of the molecule is CC1CC2(CN=C(N)N2)CN1Cc1ccccc1. The zero-order valence-electron chi connectivity index (χ0n) is 10.8. The first-order chi connectivity index (χ1) is 8.67. The van der Waals surface area contributed by atoms with Crippen LogP contribution in [0.3, 0.4) is 0 Å². The lowest BCUT2D eigenvalue weighted by molar-refractivity contribution is 0.250. The maximum atomic E-state index is 5.75. The number of hydrogen-bond donors (Lipinski definition) is 2. The van der Waals surface area contributed by atoms with Gasteiger partial charge < -0.3 is 11.1 Å². The molecular weight excluding hydrogens is 224 g/mol. The topological polar surface area (TPSA) is 53.6 Å². The zero-order chi connectivity index (χ0) is 12.6. The van der Waals surface area contributed by atoms with Crippen molar-refractivity contribution in [1.82, 2.24) is 10.2 Å². The highest BCUT2D eigenvalue weighted by Crippen LogP contribution is 2.30. The van der Waals surface area contributed by atoms with Crippen molar-refractivity contribution in [2.45, 2.75) is 31.5 Å². The molecule has 0 aromatic heterocycles. The summed E-state index contributed by atoms with van der Waals surface area (Å²) in [6.45, 7) is 5.13. The molecule has 2 aliphatic rings. The maximum absolute atomic E-state index is 5.75. The Kier molecular flexibility index (Phi) is 2.74. The van der Waals surface area contributed by atoms with Crippen LogP contribution in [0.25, 0.3) is 0 Å². The normalized spacial score (nSPS) is 31.6. The van der Waals surface area contributed by atoms with Crippen LogP contribution in [0.2, 0.25) is 0 Å². The van der Waals surface area contributed by atoms with Crippen molar-refractivity contribution >= 4 is 5.96 Å². The highest BCUT2D eigenvalue weighted by molar-refractivity contribution is 5.80. The van der Waals surface area contributed by atoms with Gasteiger partial charge in [-0.2, -0.15) is 0 Å². The predicted molar refractivity (Wildman–Crippen MR) is 73.3 cm³/mol. The van der Waals surface area contributed by atoms with E-state index in [1.807, 2.05) is 0 Å². The molecule has 0 saturated carbocycles. The van der Waals surface area contributed by atoms with Crippen LogP contribution in [0.4, 0.5) is 0 Å². The van der Waals surface area contributed by atoms with Crippen LogP contribution in [-0.2, 0) is 6.54 Å². The van der Waals surface area contributed by atoms with Crippen LogP contribution in [0.1, 0.15) is 18.9 Å². The number of benzene rings is 1. The van der Waals surface area contributed by atoms with Gasteiger partial charge in [0.05, 0.1) is 12.1 Å². The van der Waals surface area contributed by atoms with Crippen molar-refractivity contribution in [1.29, 1.82) is 0 Å². The standard InChI is InChI=1S/C14H20N4/c1-11-7-14(9-16-13(15)17-14)10-18(11)8-12-5-3-2-4-6-12/h2-6,11H,7-10H2,1H3,(H3,15,16,17). The van der Waals surface area contributed by atoms with Crippen LogP contribution in [0.5, 0.6) is 0 Å². The van der Waals surface area contributed by atoms with Crippen LogP contribution in [0, 0.1) is 0 Å². The molecule has 0 amide bonds. The van der Waals surface area contributed by atoms with Gasteiger partial charge in [0.25, 0.3) is 0 Å². The van der Waals surface area contributed by atoms with Gasteiger partial charge >= 0.3 is 0 Å². The number of likely N-dealkylation sites (tertiary alicyclic amines) is 1. The number of nitrogens with one attached hydrogen (secondary N) is 1. The molecule has 0 bridgehead atoms. The second kappa shape index (κ2) is 4.28. The third-order valence-electron chi connectivity index (χ3n) is 3.99. The van der Waals surface area contributed by atoms with E-state index >= 15 is 0 Å². The van der Waals surface area contributed by atoms with E-state index in [0.717, 1.165) is 26.1 Å². The van der Waals surface area contributed by atoms with Crippen molar-refractivity contribution in [2.24, 2.45) is 10.7 Å². The summed E-state index contributed by atoms with van der Waals surface area (Å²) in [5, 5.41) is 3.36. The van der Waals surface area contributed by atoms with Crippen molar-refractivity contribution in [3.63, 3.8) is 0 Å². The van der Waals surface area contributed by atoms with Gasteiger partial charge in [0, 0.05) is 19.1 Å². The van der Waals surface area contributed by atoms with Crippen molar-refractivity contribution < 1.29 is 0 Å². The maximum Gasteiger partial charge on any atom is 0.189 e. The smallest absolute Gasteiger partial charge is 0.189 e. The highest BCUT2D eigenvalue weighted by Gasteiger charge is 2.44. The molecule has 1 aromatic rings. The number of nitrogens with zero attached hydrogens (tertiary/aromatic N) is 2. The summed E-state index contributed by atoms with van der Waals surface area (Å²) < 4.78 is 0. The lowest BCUT2D eigenvalue weighted by atomic mass is 9.98. The van der Waals surface area contributed by atoms with Gasteiger partial charge in [0.15, 0.2) is 5.96 Å². The quantitative estimate of drug-likeness (QED) is 0.814. The molecule has 2 heterocycles. The lowest BCUT2D eigenvalue weighted by Gasteiger charge is -2.24. The number of nitrogens with two attached hydrogens (primary N) is 1. The summed E-state index contributed by atoms with van der Waals surface area (Å²) in [6.07, 6.45) is 1.12. The molecule has 2 aliphatic heterocycles. The molecule has 1 aromatic carbocycles. The summed E-state index contributed by atoms with van der Waals surface area (Å²) in [7, 11) is 0. The zero-order valence-corrected chi connectivity index (χ0v) is 10.8. The summed E-state index contributed by atoms with van der Waals surface area (Å²) in [5.74, 6) is 0.601. The van der Waals surface area contributed by atoms with Crippen LogP contribution >= 0.6 is 0 Å². The number of rotatable bonds is 2. The fourth-order valence-electron chi connectivity index (χ4n) is 3.13. The Bertz CT molecular complexity index is 456. The van der Waals surface area contributed by atoms with E-state index in [1.165, 1.54) is 5.56 Å². The molecule has 96 valence electrons. The van der Waals surface area contributed by atoms with Crippen molar-refractivity contribution in [3.05, 3.63) is 35.9 Å². The summed E-state index contributed by atoms with van der Waals surface area (Å²) in [5.41, 5.74) is 7.20. The molecule has 3 N–H and O–H groups in total. The Morgan fingerprint density at radius 1 is 1.44 bits per heavy atom. The van der Waals surface area contributed by atoms with Gasteiger partial charge in [0.2, 0.25) is 0 Å². The summed E-state index contributed by atoms with van der Waals surface area (Å²) in [6, 6.07) is 11.2. The van der Waals surface area contributed by atoms with Crippen LogP contribution in [-0.4, -0.2) is 35.5 Å². The largest absolute Gasteiger partial charge is 0.370 e. The third kappa shape index (κ3) is 2.08. The van der Waals surface area contributed by atoms with Gasteiger partial charge in [-0.25, -0.2) is 0 Å². The number of aliphatic imine (C=N–C) groups is 1. The Labute approximate surface area is 108 Å². The van der Waals surface area contributed by atoms with E-state index in [1.54, 1.807) is 0 Å². The molecule has 0 aliphatic carbocycles. The monoisotopic (exact) mass is 244 g/mol. The summed E-state index contributed by atoms with van der Waals surface area (Å²) in [4.78, 5) is 6.81. The van der Waals surface area contributed by atoms with E-state index in [9.17, 15) is 0 Å². The second-order valence-electron chi connectivity index (χ2n) is 5.55. The molecule has 0 radical (unpaired) electrons. The van der Waals surface area contributed by atoms with Crippen LogP contribution in [0.15, 0.2) is 35.3 Å². The highest BCUT2D eigenvalue weighted by atomic mass is 15.3. The third-order valence-corrected chi connectivity index (χ3v) is 3.99. The van der Waals surface area contributed by atoms with E-state index in [0.29, 0.717) is 12.0 Å². The minimum Gasteiger partial charge on any atom is -0.370 e. The first-order valence-corrected chi connectivity index (χ1v) is 6.53. The van der Waals surface area contributed by atoms with Gasteiger partial charge in [-0.1, -0.05) is 30.3 Å². The number of guanidine groups is 1. The van der Waals surface area contributed by atoms with E-state index in [2.05, 4.69) is 52.5 Å². The Morgan fingerprint density at radius 3 is 2.89 bits per heavy atom. The van der Waals surface area contributed by atoms with E-state index in [-0.39, 0.29) is 5.54 Å². The van der Waals surface area contributed by atoms with E-state index < -0.39 is 0 Å². The van der Waals surface area contributed by atoms with Gasteiger partial charge in [-0.15, -0.1) is 0 Å². The van der Waals surface area contributed by atoms with Crippen molar-refractivity contribution in [3.8, 4) is 0 Å². The van der Waals surface area contributed by atoms with Crippen molar-refractivity contribution in [2.75, 3.05) is 13.1 Å². The average Bonchev–Trinajstić information content (AvgIpc) is 2.85. The molecule has 18 heavy (non-hydrogen) atoms. The lowest BCUT2D eigenvalue weighted by Crippen LogP contribution is -2.49. The molecule has 1 fully saturated rings. The molecule has 4 heteroatoms.